The molecule has 3 atom stereocenters. The molecule has 0 aromatic rings. The molecule has 1 aliphatic heterocycles. The van der Waals surface area contributed by atoms with Crippen LogP contribution in [0.3, 0.4) is 0 Å². The molecule has 0 aromatic heterocycles. The summed E-state index contributed by atoms with van der Waals surface area (Å²) in [5, 5.41) is 6.12. The molecule has 1 heterocycles. The molecule has 5 heteroatoms. The number of amides is 1. The minimum atomic E-state index is -0.788. The number of ether oxygens (including phenoxy) is 1. The number of rotatable bonds is 4. The highest BCUT2D eigenvalue weighted by Gasteiger charge is 2.62. The van der Waals surface area contributed by atoms with Crippen molar-refractivity contribution in [1.82, 2.24) is 10.6 Å². The molecule has 2 unspecified atom stereocenters. The Bertz CT molecular complexity index is 396. The predicted molar refractivity (Wildman–Crippen MR) is 76.1 cm³/mol. The first-order chi connectivity index (χ1) is 9.28. The van der Waals surface area contributed by atoms with Crippen LogP contribution in [0.1, 0.15) is 53.4 Å². The summed E-state index contributed by atoms with van der Waals surface area (Å²) in [6.45, 7) is 8.46. The lowest BCUT2D eigenvalue weighted by molar-refractivity contribution is -0.160. The standard InChI is InChI=1S/C15H26N2O3/c1-5-10-9-15(10,13(19)20-14(2,3)4)17-12(18)11-7-6-8-16-11/h10-11,16H,5-9H2,1-4H3,(H,17,18)/t10-,11?,15?/m0/s1. The Hall–Kier alpha value is -1.10. The van der Waals surface area contributed by atoms with Crippen molar-refractivity contribution in [3.63, 3.8) is 0 Å². The fourth-order valence-corrected chi connectivity index (χ4v) is 2.86. The maximum absolute atomic E-state index is 12.4. The predicted octanol–water partition coefficient (Wildman–Crippen LogP) is 1.36. The topological polar surface area (TPSA) is 67.4 Å². The zero-order valence-electron chi connectivity index (χ0n) is 12.9. The molecule has 20 heavy (non-hydrogen) atoms. The summed E-state index contributed by atoms with van der Waals surface area (Å²) >= 11 is 0. The summed E-state index contributed by atoms with van der Waals surface area (Å²) in [7, 11) is 0. The average Bonchev–Trinajstić information content (AvgIpc) is 2.81. The molecular formula is C15H26N2O3. The Morgan fingerprint density at radius 2 is 2.10 bits per heavy atom. The molecule has 0 radical (unpaired) electrons. The highest BCUT2D eigenvalue weighted by atomic mass is 16.6. The lowest BCUT2D eigenvalue weighted by Crippen LogP contribution is -2.52. The lowest BCUT2D eigenvalue weighted by atomic mass is 10.1. The molecule has 114 valence electrons. The van der Waals surface area contributed by atoms with Gasteiger partial charge in [0.15, 0.2) is 0 Å². The molecular weight excluding hydrogens is 256 g/mol. The monoisotopic (exact) mass is 282 g/mol. The largest absolute Gasteiger partial charge is 0.458 e. The van der Waals surface area contributed by atoms with Gasteiger partial charge in [-0.25, -0.2) is 4.79 Å². The van der Waals surface area contributed by atoms with Crippen molar-refractivity contribution in [3.8, 4) is 0 Å². The van der Waals surface area contributed by atoms with E-state index in [-0.39, 0.29) is 23.8 Å². The van der Waals surface area contributed by atoms with E-state index >= 15 is 0 Å². The van der Waals surface area contributed by atoms with Gasteiger partial charge in [0.1, 0.15) is 11.1 Å². The second-order valence-electron chi connectivity index (χ2n) is 6.92. The fourth-order valence-electron chi connectivity index (χ4n) is 2.86. The van der Waals surface area contributed by atoms with Gasteiger partial charge in [0.2, 0.25) is 5.91 Å². The Balaban J connectivity index is 2.03. The van der Waals surface area contributed by atoms with Crippen molar-refractivity contribution >= 4 is 11.9 Å². The minimum absolute atomic E-state index is 0.0655. The second-order valence-corrected chi connectivity index (χ2v) is 6.92. The van der Waals surface area contributed by atoms with Crippen LogP contribution in [0.2, 0.25) is 0 Å². The van der Waals surface area contributed by atoms with Crippen LogP contribution in [0, 0.1) is 5.92 Å². The number of carbonyl (C=O) groups is 2. The molecule has 1 aliphatic carbocycles. The molecule has 2 N–H and O–H groups in total. The van der Waals surface area contributed by atoms with Gasteiger partial charge in [0.05, 0.1) is 6.04 Å². The van der Waals surface area contributed by atoms with E-state index < -0.39 is 11.1 Å². The van der Waals surface area contributed by atoms with Crippen molar-refractivity contribution in [2.75, 3.05) is 6.54 Å². The molecule has 1 saturated heterocycles. The zero-order valence-corrected chi connectivity index (χ0v) is 12.9. The zero-order chi connectivity index (χ0) is 15.0. The summed E-state index contributed by atoms with van der Waals surface area (Å²) in [5.74, 6) is -0.157. The van der Waals surface area contributed by atoms with Gasteiger partial charge in [-0.15, -0.1) is 0 Å². The van der Waals surface area contributed by atoms with E-state index in [0.29, 0.717) is 6.42 Å². The number of esters is 1. The van der Waals surface area contributed by atoms with E-state index in [1.165, 1.54) is 0 Å². The van der Waals surface area contributed by atoms with Crippen LogP contribution in [-0.2, 0) is 14.3 Å². The molecule has 0 spiro atoms. The first kappa shape index (κ1) is 15.3. The van der Waals surface area contributed by atoms with E-state index in [4.69, 9.17) is 4.74 Å². The van der Waals surface area contributed by atoms with Gasteiger partial charge in [-0.3, -0.25) is 4.79 Å². The van der Waals surface area contributed by atoms with Crippen LogP contribution < -0.4 is 10.6 Å². The second kappa shape index (κ2) is 5.35. The van der Waals surface area contributed by atoms with Crippen LogP contribution in [0.5, 0.6) is 0 Å². The number of carbonyl (C=O) groups excluding carboxylic acids is 2. The van der Waals surface area contributed by atoms with E-state index in [1.807, 2.05) is 27.7 Å². The smallest absolute Gasteiger partial charge is 0.332 e. The van der Waals surface area contributed by atoms with Crippen molar-refractivity contribution < 1.29 is 14.3 Å². The van der Waals surface area contributed by atoms with Crippen molar-refractivity contribution in [2.45, 2.75) is 70.6 Å². The third-order valence-electron chi connectivity index (χ3n) is 4.08. The summed E-state index contributed by atoms with van der Waals surface area (Å²) in [4.78, 5) is 24.7. The Labute approximate surface area is 120 Å². The third-order valence-corrected chi connectivity index (χ3v) is 4.08. The molecule has 0 aromatic carbocycles. The average molecular weight is 282 g/mol. The first-order valence-corrected chi connectivity index (χ1v) is 7.57. The van der Waals surface area contributed by atoms with Gasteiger partial charge in [-0.1, -0.05) is 13.3 Å². The number of nitrogens with one attached hydrogen (secondary N) is 2. The third kappa shape index (κ3) is 3.14. The van der Waals surface area contributed by atoms with Gasteiger partial charge < -0.3 is 15.4 Å². The van der Waals surface area contributed by atoms with Gasteiger partial charge >= 0.3 is 5.97 Å². The highest BCUT2D eigenvalue weighted by Crippen LogP contribution is 2.47. The van der Waals surface area contributed by atoms with E-state index in [2.05, 4.69) is 10.6 Å². The van der Waals surface area contributed by atoms with Crippen molar-refractivity contribution in [2.24, 2.45) is 5.92 Å². The van der Waals surface area contributed by atoms with Crippen LogP contribution in [0.25, 0.3) is 0 Å². The quantitative estimate of drug-likeness (QED) is 0.764. The summed E-state index contributed by atoms with van der Waals surface area (Å²) in [6.07, 6.45) is 3.41. The minimum Gasteiger partial charge on any atom is -0.458 e. The fraction of sp³-hybridized carbons (Fsp3) is 0.867. The summed E-state index contributed by atoms with van der Waals surface area (Å²) < 4.78 is 5.49. The maximum atomic E-state index is 12.4. The van der Waals surface area contributed by atoms with Crippen LogP contribution in [-0.4, -0.2) is 35.6 Å². The van der Waals surface area contributed by atoms with E-state index in [1.54, 1.807) is 0 Å². The molecule has 1 amide bonds. The van der Waals surface area contributed by atoms with Gasteiger partial charge in [-0.2, -0.15) is 0 Å². The van der Waals surface area contributed by atoms with Crippen molar-refractivity contribution in [1.29, 1.82) is 0 Å². The van der Waals surface area contributed by atoms with Gasteiger partial charge in [0.25, 0.3) is 0 Å². The highest BCUT2D eigenvalue weighted by molar-refractivity contribution is 5.93. The lowest BCUT2D eigenvalue weighted by Gasteiger charge is -2.26. The van der Waals surface area contributed by atoms with Crippen LogP contribution in [0.4, 0.5) is 0 Å². The summed E-state index contributed by atoms with van der Waals surface area (Å²) in [5.41, 5.74) is -1.31. The maximum Gasteiger partial charge on any atom is 0.332 e. The molecule has 2 rings (SSSR count). The SMILES string of the molecule is CC[C@H]1CC1(NC(=O)C1CCCN1)C(=O)OC(C)(C)C. The van der Waals surface area contributed by atoms with Crippen LogP contribution >= 0.6 is 0 Å². The van der Waals surface area contributed by atoms with Gasteiger partial charge in [-0.05, 0) is 52.5 Å². The molecule has 2 fully saturated rings. The molecule has 5 nitrogen and oxygen atoms in total. The Morgan fingerprint density at radius 1 is 1.40 bits per heavy atom. The molecule has 2 aliphatic rings. The first-order valence-electron chi connectivity index (χ1n) is 7.57. The number of hydrogen-bond acceptors (Lipinski definition) is 4. The van der Waals surface area contributed by atoms with Crippen LogP contribution in [0.15, 0.2) is 0 Å². The van der Waals surface area contributed by atoms with Crippen molar-refractivity contribution in [3.05, 3.63) is 0 Å². The Kier molecular flexibility index (Phi) is 4.09. The molecule has 0 bridgehead atoms. The normalized spacial score (nSPS) is 32.8. The summed E-state index contributed by atoms with van der Waals surface area (Å²) in [6, 6.07) is -0.160. The van der Waals surface area contributed by atoms with Gasteiger partial charge in [0, 0.05) is 0 Å². The number of hydrogen-bond donors (Lipinski definition) is 2. The Morgan fingerprint density at radius 3 is 2.55 bits per heavy atom. The van der Waals surface area contributed by atoms with E-state index in [9.17, 15) is 9.59 Å². The van der Waals surface area contributed by atoms with E-state index in [0.717, 1.165) is 25.8 Å². The molecule has 1 saturated carbocycles.